The van der Waals surface area contributed by atoms with Crippen LogP contribution in [0.25, 0.3) is 10.8 Å². The van der Waals surface area contributed by atoms with Crippen molar-refractivity contribution in [1.82, 2.24) is 4.31 Å². The molecule has 0 unspecified atom stereocenters. The molecule has 0 aromatic heterocycles. The minimum Gasteiger partial charge on any atom is -0.482 e. The van der Waals surface area contributed by atoms with E-state index < -0.39 is 22.6 Å². The lowest BCUT2D eigenvalue weighted by Gasteiger charge is -2.32. The van der Waals surface area contributed by atoms with Gasteiger partial charge in [-0.3, -0.25) is 0 Å². The molecule has 7 heteroatoms. The number of ether oxygens (including phenoxy) is 1. The predicted molar refractivity (Wildman–Crippen MR) is 114 cm³/mol. The molecule has 1 fully saturated rings. The largest absolute Gasteiger partial charge is 0.482 e. The van der Waals surface area contributed by atoms with Gasteiger partial charge in [0.2, 0.25) is 10.0 Å². The molecule has 1 saturated heterocycles. The Morgan fingerprint density at radius 2 is 1.63 bits per heavy atom. The number of hydrogen-bond acceptors (Lipinski definition) is 4. The Hall–Kier alpha value is -2.90. The number of aliphatic carboxylic acids is 1. The van der Waals surface area contributed by atoms with Crippen LogP contribution in [-0.2, 0) is 14.8 Å². The zero-order chi connectivity index (χ0) is 21.1. The van der Waals surface area contributed by atoms with E-state index in [-0.39, 0.29) is 5.92 Å². The van der Waals surface area contributed by atoms with Gasteiger partial charge in [-0.2, -0.15) is 4.31 Å². The molecule has 30 heavy (non-hydrogen) atoms. The highest BCUT2D eigenvalue weighted by molar-refractivity contribution is 7.89. The van der Waals surface area contributed by atoms with Crippen LogP contribution in [0.3, 0.4) is 0 Å². The Morgan fingerprint density at radius 1 is 0.967 bits per heavy atom. The number of rotatable bonds is 6. The summed E-state index contributed by atoms with van der Waals surface area (Å²) < 4.78 is 33.6. The van der Waals surface area contributed by atoms with Gasteiger partial charge in [0.05, 0.1) is 4.90 Å². The van der Waals surface area contributed by atoms with Gasteiger partial charge in [-0.1, -0.05) is 54.6 Å². The molecule has 3 aromatic carbocycles. The summed E-state index contributed by atoms with van der Waals surface area (Å²) in [6.07, 6.45) is 1.30. The molecule has 0 saturated carbocycles. The molecule has 0 bridgehead atoms. The highest BCUT2D eigenvalue weighted by Crippen LogP contribution is 2.36. The Kier molecular flexibility index (Phi) is 5.74. The molecule has 6 nitrogen and oxygen atoms in total. The molecule has 3 aromatic rings. The van der Waals surface area contributed by atoms with Gasteiger partial charge in [0.1, 0.15) is 5.75 Å². The maximum absolute atomic E-state index is 13.3. The number of sulfonamides is 1. The number of carboxylic acid groups (broad SMARTS) is 1. The van der Waals surface area contributed by atoms with Gasteiger partial charge < -0.3 is 9.84 Å². The van der Waals surface area contributed by atoms with Crippen molar-refractivity contribution in [3.63, 3.8) is 0 Å². The van der Waals surface area contributed by atoms with Crippen LogP contribution in [0.1, 0.15) is 24.3 Å². The van der Waals surface area contributed by atoms with Crippen molar-refractivity contribution in [3.8, 4) is 5.75 Å². The fraction of sp³-hybridized carbons (Fsp3) is 0.261. The van der Waals surface area contributed by atoms with E-state index in [0.717, 1.165) is 16.3 Å². The van der Waals surface area contributed by atoms with Crippen molar-refractivity contribution in [1.29, 1.82) is 0 Å². The van der Waals surface area contributed by atoms with Gasteiger partial charge in [-0.25, -0.2) is 13.2 Å². The number of fused-ring (bicyclic) bond motifs is 1. The molecule has 1 aliphatic rings. The van der Waals surface area contributed by atoms with E-state index in [1.54, 1.807) is 28.6 Å². The first-order valence-electron chi connectivity index (χ1n) is 9.88. The first-order valence-corrected chi connectivity index (χ1v) is 11.3. The van der Waals surface area contributed by atoms with Crippen LogP contribution in [0.4, 0.5) is 0 Å². The number of nitrogens with zero attached hydrogens (tertiary/aromatic N) is 1. The van der Waals surface area contributed by atoms with Crippen molar-refractivity contribution < 1.29 is 23.1 Å². The highest BCUT2D eigenvalue weighted by atomic mass is 32.2. The zero-order valence-corrected chi connectivity index (χ0v) is 17.2. The van der Waals surface area contributed by atoms with E-state index in [4.69, 9.17) is 9.84 Å². The fourth-order valence-electron chi connectivity index (χ4n) is 4.06. The van der Waals surface area contributed by atoms with Gasteiger partial charge in [-0.15, -0.1) is 0 Å². The van der Waals surface area contributed by atoms with Crippen molar-refractivity contribution in [3.05, 3.63) is 72.3 Å². The Labute approximate surface area is 175 Å². The normalized spacial score (nSPS) is 15.9. The van der Waals surface area contributed by atoms with E-state index >= 15 is 0 Å². The lowest BCUT2D eigenvalue weighted by molar-refractivity contribution is -0.139. The van der Waals surface area contributed by atoms with E-state index in [2.05, 4.69) is 0 Å². The van der Waals surface area contributed by atoms with Gasteiger partial charge in [0, 0.05) is 18.5 Å². The van der Waals surface area contributed by atoms with E-state index in [9.17, 15) is 13.2 Å². The summed E-state index contributed by atoms with van der Waals surface area (Å²) >= 11 is 0. The van der Waals surface area contributed by atoms with Crippen LogP contribution < -0.4 is 4.74 Å². The molecule has 1 N–H and O–H groups in total. The predicted octanol–water partition coefficient (Wildman–Crippen LogP) is 3.87. The summed E-state index contributed by atoms with van der Waals surface area (Å²) in [7, 11) is -3.60. The standard InChI is InChI=1S/C23H23NO5S/c25-23(26)16-29-21-10-4-3-8-19(21)18-12-14-24(15-13-18)30(27,28)22-11-5-7-17-6-1-2-9-20(17)22/h1-11,18H,12-16H2,(H,25,26). The lowest BCUT2D eigenvalue weighted by Crippen LogP contribution is -2.38. The van der Waals surface area contributed by atoms with Crippen molar-refractivity contribution in [2.75, 3.05) is 19.7 Å². The van der Waals surface area contributed by atoms with E-state index in [1.807, 2.05) is 42.5 Å². The molecule has 0 aliphatic carbocycles. The summed E-state index contributed by atoms with van der Waals surface area (Å²) in [5, 5.41) is 10.5. The molecule has 156 valence electrons. The number of piperidine rings is 1. The summed E-state index contributed by atoms with van der Waals surface area (Å²) in [5.41, 5.74) is 0.931. The molecular weight excluding hydrogens is 402 g/mol. The first kappa shape index (κ1) is 20.4. The zero-order valence-electron chi connectivity index (χ0n) is 16.4. The number of carboxylic acids is 1. The molecule has 4 rings (SSSR count). The topological polar surface area (TPSA) is 83.9 Å². The monoisotopic (exact) mass is 425 g/mol. The quantitative estimate of drug-likeness (QED) is 0.648. The SMILES string of the molecule is O=C(O)COc1ccccc1C1CCN(S(=O)(=O)c2cccc3ccccc23)CC1. The third-order valence-electron chi connectivity index (χ3n) is 5.53. The minimum atomic E-state index is -3.60. The summed E-state index contributed by atoms with van der Waals surface area (Å²) in [6, 6.07) is 20.2. The van der Waals surface area contributed by atoms with Crippen LogP contribution in [0, 0.1) is 0 Å². The number of carbonyl (C=O) groups is 1. The third kappa shape index (κ3) is 4.04. The Balaban J connectivity index is 1.53. The highest BCUT2D eigenvalue weighted by Gasteiger charge is 2.31. The maximum Gasteiger partial charge on any atom is 0.341 e. The second-order valence-corrected chi connectivity index (χ2v) is 9.28. The molecular formula is C23H23NO5S. The molecule has 0 spiro atoms. The van der Waals surface area contributed by atoms with Crippen LogP contribution in [0.2, 0.25) is 0 Å². The second kappa shape index (κ2) is 8.45. The van der Waals surface area contributed by atoms with Crippen molar-refractivity contribution in [2.24, 2.45) is 0 Å². The summed E-state index contributed by atoms with van der Waals surface area (Å²) in [6.45, 7) is 0.415. The van der Waals surface area contributed by atoms with Crippen LogP contribution >= 0.6 is 0 Å². The number of hydrogen-bond donors (Lipinski definition) is 1. The molecule has 1 heterocycles. The number of para-hydroxylation sites is 1. The van der Waals surface area contributed by atoms with Gasteiger partial charge in [0.25, 0.3) is 0 Å². The van der Waals surface area contributed by atoms with E-state index in [1.165, 1.54) is 0 Å². The Bertz CT molecular complexity index is 1160. The maximum atomic E-state index is 13.3. The third-order valence-corrected chi connectivity index (χ3v) is 7.49. The van der Waals surface area contributed by atoms with Crippen LogP contribution in [0.15, 0.2) is 71.6 Å². The average Bonchev–Trinajstić information content (AvgIpc) is 2.77. The van der Waals surface area contributed by atoms with Crippen LogP contribution in [-0.4, -0.2) is 43.5 Å². The second-order valence-electron chi connectivity index (χ2n) is 7.38. The smallest absolute Gasteiger partial charge is 0.341 e. The van der Waals surface area contributed by atoms with Gasteiger partial charge in [-0.05, 0) is 41.8 Å². The summed E-state index contributed by atoms with van der Waals surface area (Å²) in [5.74, 6) is -0.356. The summed E-state index contributed by atoms with van der Waals surface area (Å²) in [4.78, 5) is 11.2. The fourth-order valence-corrected chi connectivity index (χ4v) is 5.74. The van der Waals surface area contributed by atoms with Gasteiger partial charge >= 0.3 is 5.97 Å². The minimum absolute atomic E-state index is 0.119. The number of benzene rings is 3. The molecule has 1 aliphatic heterocycles. The molecule has 0 atom stereocenters. The van der Waals surface area contributed by atoms with Crippen molar-refractivity contribution in [2.45, 2.75) is 23.7 Å². The van der Waals surface area contributed by atoms with Crippen molar-refractivity contribution >= 4 is 26.8 Å². The van der Waals surface area contributed by atoms with Crippen LogP contribution in [0.5, 0.6) is 5.75 Å². The molecule has 0 amide bonds. The average molecular weight is 426 g/mol. The lowest BCUT2D eigenvalue weighted by atomic mass is 9.89. The van der Waals surface area contributed by atoms with Gasteiger partial charge in [0.15, 0.2) is 6.61 Å². The van der Waals surface area contributed by atoms with E-state index in [0.29, 0.717) is 36.6 Å². The molecule has 0 radical (unpaired) electrons. The first-order chi connectivity index (χ1) is 14.5. The Morgan fingerprint density at radius 3 is 2.40 bits per heavy atom.